The summed E-state index contributed by atoms with van der Waals surface area (Å²) in [4.78, 5) is 14.1. The lowest BCUT2D eigenvalue weighted by molar-refractivity contribution is -0.126. The number of carbonyl (C=O) groups excluding carboxylic acids is 1. The third kappa shape index (κ3) is 2.89. The van der Waals surface area contributed by atoms with E-state index >= 15 is 0 Å². The summed E-state index contributed by atoms with van der Waals surface area (Å²) in [6.07, 6.45) is 0. The molecule has 0 spiro atoms. The van der Waals surface area contributed by atoms with Crippen LogP contribution in [0.15, 0.2) is 18.2 Å². The molecule has 1 atom stereocenters. The minimum atomic E-state index is -0.505. The highest BCUT2D eigenvalue weighted by atomic mass is 16.3. The Kier molecular flexibility index (Phi) is 3.54. The molecule has 1 aromatic rings. The number of anilines is 1. The lowest BCUT2D eigenvalue weighted by Gasteiger charge is -2.44. The van der Waals surface area contributed by atoms with Gasteiger partial charge in [-0.05, 0) is 51.0 Å². The smallest absolute Gasteiger partial charge is 0.245 e. The normalized spacial score (nSPS) is 22.3. The molecule has 1 aromatic carbocycles. The number of amides is 1. The zero-order valence-corrected chi connectivity index (χ0v) is 12.0. The number of benzene rings is 1. The molecule has 1 unspecified atom stereocenters. The van der Waals surface area contributed by atoms with Crippen molar-refractivity contribution in [2.45, 2.75) is 39.3 Å². The van der Waals surface area contributed by atoms with Gasteiger partial charge in [0.05, 0.1) is 12.1 Å². The molecule has 1 aliphatic rings. The molecule has 0 radical (unpaired) electrons. The second-order valence-electron chi connectivity index (χ2n) is 6.05. The van der Waals surface area contributed by atoms with Crippen LogP contribution in [-0.4, -0.2) is 35.7 Å². The van der Waals surface area contributed by atoms with Gasteiger partial charge < -0.3 is 15.3 Å². The summed E-state index contributed by atoms with van der Waals surface area (Å²) in [5.74, 6) is -0.113. The highest BCUT2D eigenvalue weighted by Crippen LogP contribution is 2.26. The lowest BCUT2D eigenvalue weighted by Crippen LogP contribution is -2.66. The molecule has 1 fully saturated rings. The summed E-state index contributed by atoms with van der Waals surface area (Å²) in [6.45, 7) is 8.59. The van der Waals surface area contributed by atoms with Crippen LogP contribution in [0, 0.1) is 13.8 Å². The summed E-state index contributed by atoms with van der Waals surface area (Å²) in [5, 5.41) is 12.4. The van der Waals surface area contributed by atoms with E-state index in [1.165, 1.54) is 0 Å². The first-order valence-electron chi connectivity index (χ1n) is 6.60. The first-order chi connectivity index (χ1) is 8.82. The standard InChI is InChI=1S/C15H22N2O2/c1-10-5-11(2)7-12(6-10)17-9-15(3,4)16-14(19)13(17)8-18/h5-7,13,18H,8-9H2,1-4H3,(H,16,19). The van der Waals surface area contributed by atoms with Gasteiger partial charge in [-0.1, -0.05) is 6.07 Å². The van der Waals surface area contributed by atoms with Gasteiger partial charge in [-0.3, -0.25) is 4.79 Å². The molecule has 4 nitrogen and oxygen atoms in total. The number of nitrogens with zero attached hydrogens (tertiary/aromatic N) is 1. The van der Waals surface area contributed by atoms with Crippen molar-refractivity contribution in [3.63, 3.8) is 0 Å². The van der Waals surface area contributed by atoms with Crippen LogP contribution in [-0.2, 0) is 4.79 Å². The average Bonchev–Trinajstić information content (AvgIpc) is 2.25. The molecule has 0 aliphatic carbocycles. The van der Waals surface area contributed by atoms with E-state index in [9.17, 15) is 9.90 Å². The van der Waals surface area contributed by atoms with Crippen LogP contribution in [0.4, 0.5) is 5.69 Å². The minimum Gasteiger partial charge on any atom is -0.394 e. The molecule has 2 N–H and O–H groups in total. The number of rotatable bonds is 2. The molecule has 4 heteroatoms. The van der Waals surface area contributed by atoms with E-state index < -0.39 is 6.04 Å². The van der Waals surface area contributed by atoms with Crippen molar-refractivity contribution in [3.05, 3.63) is 29.3 Å². The van der Waals surface area contributed by atoms with Crippen LogP contribution in [0.5, 0.6) is 0 Å². The molecule has 1 aliphatic heterocycles. The Bertz CT molecular complexity index is 477. The molecule has 1 amide bonds. The van der Waals surface area contributed by atoms with Crippen molar-refractivity contribution in [2.75, 3.05) is 18.1 Å². The Labute approximate surface area is 114 Å². The van der Waals surface area contributed by atoms with Crippen LogP contribution >= 0.6 is 0 Å². The van der Waals surface area contributed by atoms with E-state index in [-0.39, 0.29) is 18.1 Å². The number of aliphatic hydroxyl groups excluding tert-OH is 1. The molecular formula is C15H22N2O2. The molecule has 1 saturated heterocycles. The van der Waals surface area contributed by atoms with Crippen LogP contribution in [0.25, 0.3) is 0 Å². The Morgan fingerprint density at radius 3 is 2.42 bits per heavy atom. The zero-order chi connectivity index (χ0) is 14.2. The van der Waals surface area contributed by atoms with Crippen molar-refractivity contribution >= 4 is 11.6 Å². The number of hydrogen-bond acceptors (Lipinski definition) is 3. The second kappa shape index (κ2) is 4.85. The quantitative estimate of drug-likeness (QED) is 0.846. The van der Waals surface area contributed by atoms with Crippen LogP contribution in [0.3, 0.4) is 0 Å². The predicted molar refractivity (Wildman–Crippen MR) is 76.4 cm³/mol. The minimum absolute atomic E-state index is 0.113. The Balaban J connectivity index is 2.41. The predicted octanol–water partition coefficient (Wildman–Crippen LogP) is 1.38. The van der Waals surface area contributed by atoms with Gasteiger partial charge in [-0.25, -0.2) is 0 Å². The van der Waals surface area contributed by atoms with Crippen molar-refractivity contribution in [3.8, 4) is 0 Å². The SMILES string of the molecule is Cc1cc(C)cc(N2CC(C)(C)NC(=O)C2CO)c1. The second-order valence-corrected chi connectivity index (χ2v) is 6.05. The maximum Gasteiger partial charge on any atom is 0.245 e. The third-order valence-corrected chi connectivity index (χ3v) is 3.42. The molecule has 2 rings (SSSR count). The summed E-state index contributed by atoms with van der Waals surface area (Å²) >= 11 is 0. The maximum absolute atomic E-state index is 12.1. The van der Waals surface area contributed by atoms with Crippen molar-refractivity contribution in [1.29, 1.82) is 0 Å². The highest BCUT2D eigenvalue weighted by molar-refractivity contribution is 5.87. The van der Waals surface area contributed by atoms with E-state index in [0.717, 1.165) is 16.8 Å². The number of nitrogens with one attached hydrogen (secondary N) is 1. The topological polar surface area (TPSA) is 52.6 Å². The van der Waals surface area contributed by atoms with Crippen LogP contribution in [0.2, 0.25) is 0 Å². The summed E-state index contributed by atoms with van der Waals surface area (Å²) in [6, 6.07) is 5.72. The average molecular weight is 262 g/mol. The Morgan fingerprint density at radius 2 is 1.89 bits per heavy atom. The van der Waals surface area contributed by atoms with E-state index in [4.69, 9.17) is 0 Å². The van der Waals surface area contributed by atoms with Crippen molar-refractivity contribution in [1.82, 2.24) is 5.32 Å². The van der Waals surface area contributed by atoms with E-state index in [0.29, 0.717) is 6.54 Å². The van der Waals surface area contributed by atoms with E-state index in [2.05, 4.69) is 23.5 Å². The fraction of sp³-hybridized carbons (Fsp3) is 0.533. The van der Waals surface area contributed by atoms with Gasteiger partial charge in [0.2, 0.25) is 5.91 Å². The number of piperazine rings is 1. The van der Waals surface area contributed by atoms with Gasteiger partial charge in [0.15, 0.2) is 0 Å². The van der Waals surface area contributed by atoms with Gasteiger partial charge in [0, 0.05) is 12.2 Å². The largest absolute Gasteiger partial charge is 0.394 e. The van der Waals surface area contributed by atoms with Crippen molar-refractivity contribution in [2.24, 2.45) is 0 Å². The Hall–Kier alpha value is -1.55. The van der Waals surface area contributed by atoms with Gasteiger partial charge in [-0.15, -0.1) is 0 Å². The van der Waals surface area contributed by atoms with Gasteiger partial charge in [0.1, 0.15) is 6.04 Å². The number of aliphatic hydroxyl groups is 1. The lowest BCUT2D eigenvalue weighted by atomic mass is 9.97. The molecule has 0 aromatic heterocycles. The van der Waals surface area contributed by atoms with E-state index in [1.54, 1.807) is 0 Å². The van der Waals surface area contributed by atoms with Gasteiger partial charge >= 0.3 is 0 Å². The summed E-state index contributed by atoms with van der Waals surface area (Å²) in [7, 11) is 0. The number of hydrogen-bond donors (Lipinski definition) is 2. The fourth-order valence-electron chi connectivity index (χ4n) is 2.70. The molecule has 104 valence electrons. The summed E-state index contributed by atoms with van der Waals surface area (Å²) < 4.78 is 0. The maximum atomic E-state index is 12.1. The third-order valence-electron chi connectivity index (χ3n) is 3.42. The molecular weight excluding hydrogens is 240 g/mol. The zero-order valence-electron chi connectivity index (χ0n) is 12.0. The molecule has 0 bridgehead atoms. The van der Waals surface area contributed by atoms with Crippen LogP contribution in [0.1, 0.15) is 25.0 Å². The van der Waals surface area contributed by atoms with Crippen molar-refractivity contribution < 1.29 is 9.90 Å². The molecule has 0 saturated carbocycles. The first kappa shape index (κ1) is 13.9. The fourth-order valence-corrected chi connectivity index (χ4v) is 2.70. The first-order valence-corrected chi connectivity index (χ1v) is 6.60. The van der Waals surface area contributed by atoms with Gasteiger partial charge in [0.25, 0.3) is 0 Å². The molecule has 19 heavy (non-hydrogen) atoms. The Morgan fingerprint density at radius 1 is 1.32 bits per heavy atom. The summed E-state index contributed by atoms with van der Waals surface area (Å²) in [5.41, 5.74) is 3.03. The van der Waals surface area contributed by atoms with Crippen LogP contribution < -0.4 is 10.2 Å². The molecule has 1 heterocycles. The van der Waals surface area contributed by atoms with Gasteiger partial charge in [-0.2, -0.15) is 0 Å². The van der Waals surface area contributed by atoms with E-state index in [1.807, 2.05) is 32.6 Å². The highest BCUT2D eigenvalue weighted by Gasteiger charge is 2.38. The number of carbonyl (C=O) groups is 1. The number of aryl methyl sites for hydroxylation is 2. The monoisotopic (exact) mass is 262 g/mol.